The van der Waals surface area contributed by atoms with Gasteiger partial charge in [0, 0.05) is 11.6 Å². The molecule has 0 saturated carbocycles. The molecule has 0 aliphatic heterocycles. The minimum Gasteiger partial charge on any atom is -0.481 e. The number of carbonyl (C=O) groups excluding carboxylic acids is 2. The van der Waals surface area contributed by atoms with Gasteiger partial charge in [-0.2, -0.15) is 0 Å². The Kier molecular flexibility index (Phi) is 6.83. The van der Waals surface area contributed by atoms with Crippen molar-refractivity contribution in [2.24, 2.45) is 5.73 Å². The highest BCUT2D eigenvalue weighted by atomic mass is 16.6. The number of carboxylic acids is 2. The first-order valence-corrected chi connectivity index (χ1v) is 9.22. The summed E-state index contributed by atoms with van der Waals surface area (Å²) in [6, 6.07) is 4.26. The van der Waals surface area contributed by atoms with Gasteiger partial charge in [0.1, 0.15) is 11.6 Å². The molecule has 5 N–H and O–H groups in total. The van der Waals surface area contributed by atoms with E-state index < -0.39 is 48.0 Å². The molecule has 0 aliphatic rings. The molecule has 2 atom stereocenters. The molecule has 0 radical (unpaired) electrons. The van der Waals surface area contributed by atoms with Gasteiger partial charge in [-0.1, -0.05) is 18.2 Å². The van der Waals surface area contributed by atoms with Crippen molar-refractivity contribution in [3.63, 3.8) is 0 Å². The molecule has 0 spiro atoms. The van der Waals surface area contributed by atoms with Crippen molar-refractivity contribution < 1.29 is 34.1 Å². The molecule has 0 aliphatic carbocycles. The molecular formula is C20H25N3O7. The Hall–Kier alpha value is -3.40. The van der Waals surface area contributed by atoms with Gasteiger partial charge in [0.25, 0.3) is 0 Å². The number of para-hydroxylation sites is 1. The number of aromatic nitrogens is 1. The number of nitrogens with two attached hydrogens (primary N) is 1. The van der Waals surface area contributed by atoms with Crippen LogP contribution in [0.5, 0.6) is 0 Å². The Balaban J connectivity index is 2.24. The van der Waals surface area contributed by atoms with Crippen LogP contribution >= 0.6 is 0 Å². The minimum atomic E-state index is -1.59. The summed E-state index contributed by atoms with van der Waals surface area (Å²) in [4.78, 5) is 46.8. The lowest BCUT2D eigenvalue weighted by Crippen LogP contribution is -2.49. The third kappa shape index (κ3) is 5.80. The lowest BCUT2D eigenvalue weighted by molar-refractivity contribution is -0.147. The molecule has 0 unspecified atom stereocenters. The molecule has 1 amide bonds. The molecule has 1 aromatic carbocycles. The van der Waals surface area contributed by atoms with Gasteiger partial charge >= 0.3 is 18.0 Å². The van der Waals surface area contributed by atoms with E-state index in [2.05, 4.69) is 5.32 Å². The summed E-state index contributed by atoms with van der Waals surface area (Å²) >= 11 is 0. The zero-order valence-corrected chi connectivity index (χ0v) is 16.9. The average Bonchev–Trinajstić information content (AvgIpc) is 2.98. The molecule has 2 rings (SSSR count). The number of amides is 1. The Labute approximate surface area is 172 Å². The van der Waals surface area contributed by atoms with Crippen molar-refractivity contribution >= 4 is 34.8 Å². The first-order valence-electron chi connectivity index (χ1n) is 9.22. The zero-order valence-electron chi connectivity index (χ0n) is 16.9. The molecule has 10 heteroatoms. The minimum absolute atomic E-state index is 0.00154. The lowest BCUT2D eigenvalue weighted by atomic mass is 10.0. The van der Waals surface area contributed by atoms with E-state index >= 15 is 0 Å². The van der Waals surface area contributed by atoms with E-state index in [1.165, 1.54) is 10.8 Å². The second kappa shape index (κ2) is 8.95. The van der Waals surface area contributed by atoms with Crippen LogP contribution in [0.3, 0.4) is 0 Å². The standard InChI is InChI=1S/C20H25N3O7/c1-20(2,3)30-19(29)23-10-11(12-6-4-5-7-15(12)23)8-13(21)17(26)22-14(18(27)28)9-16(24)25/h4-7,10,13-14H,8-9,21H2,1-3H3,(H,22,26)(H,24,25)(H,27,28)/t13-,14-/m0/s1. The smallest absolute Gasteiger partial charge is 0.419 e. The van der Waals surface area contributed by atoms with E-state index in [-0.39, 0.29) is 6.42 Å². The van der Waals surface area contributed by atoms with Crippen LogP contribution in [0.25, 0.3) is 10.9 Å². The molecule has 0 fully saturated rings. The van der Waals surface area contributed by atoms with Crippen molar-refractivity contribution in [3.8, 4) is 0 Å². The van der Waals surface area contributed by atoms with Crippen LogP contribution in [0.15, 0.2) is 30.5 Å². The lowest BCUT2D eigenvalue weighted by Gasteiger charge is -2.19. The van der Waals surface area contributed by atoms with Gasteiger partial charge in [-0.05, 0) is 38.8 Å². The van der Waals surface area contributed by atoms with Gasteiger partial charge in [0.15, 0.2) is 0 Å². The molecule has 30 heavy (non-hydrogen) atoms. The predicted octanol–water partition coefficient (Wildman–Crippen LogP) is 1.34. The van der Waals surface area contributed by atoms with Crippen LogP contribution in [-0.2, 0) is 25.5 Å². The Bertz CT molecular complexity index is 974. The molecule has 1 heterocycles. The van der Waals surface area contributed by atoms with Crippen molar-refractivity contribution in [1.82, 2.24) is 9.88 Å². The highest BCUT2D eigenvalue weighted by Gasteiger charge is 2.27. The average molecular weight is 419 g/mol. The Morgan fingerprint density at radius 1 is 1.17 bits per heavy atom. The summed E-state index contributed by atoms with van der Waals surface area (Å²) < 4.78 is 6.73. The first kappa shape index (κ1) is 22.9. The molecule has 2 aromatic rings. The molecule has 0 bridgehead atoms. The number of fused-ring (bicyclic) bond motifs is 1. The summed E-state index contributed by atoms with van der Waals surface area (Å²) in [6.07, 6.45) is 0.167. The fraction of sp³-hybridized carbons (Fsp3) is 0.400. The Morgan fingerprint density at radius 2 is 1.80 bits per heavy atom. The fourth-order valence-electron chi connectivity index (χ4n) is 2.86. The maximum Gasteiger partial charge on any atom is 0.419 e. The number of nitrogens with zero attached hydrogens (tertiary/aromatic N) is 1. The number of benzene rings is 1. The summed E-state index contributed by atoms with van der Waals surface area (Å²) in [5.74, 6) is -3.64. The third-order valence-corrected chi connectivity index (χ3v) is 4.15. The maximum atomic E-state index is 12.5. The van der Waals surface area contributed by atoms with Gasteiger partial charge in [-0.3, -0.25) is 14.2 Å². The highest BCUT2D eigenvalue weighted by Crippen LogP contribution is 2.24. The van der Waals surface area contributed by atoms with E-state index in [9.17, 15) is 19.2 Å². The topological polar surface area (TPSA) is 161 Å². The van der Waals surface area contributed by atoms with Crippen molar-refractivity contribution in [2.75, 3.05) is 0 Å². The quantitative estimate of drug-likeness (QED) is 0.523. The fourth-order valence-corrected chi connectivity index (χ4v) is 2.86. The second-order valence-electron chi connectivity index (χ2n) is 7.83. The third-order valence-electron chi connectivity index (χ3n) is 4.15. The number of carboxylic acid groups (broad SMARTS) is 2. The van der Waals surface area contributed by atoms with Gasteiger partial charge < -0.3 is 26.0 Å². The summed E-state index contributed by atoms with van der Waals surface area (Å²) in [5, 5.41) is 20.7. The van der Waals surface area contributed by atoms with Crippen molar-refractivity contribution in [2.45, 2.75) is 51.3 Å². The summed E-state index contributed by atoms with van der Waals surface area (Å²) in [5.41, 5.74) is 6.39. The predicted molar refractivity (Wildman–Crippen MR) is 107 cm³/mol. The maximum absolute atomic E-state index is 12.5. The van der Waals surface area contributed by atoms with E-state index in [1.807, 2.05) is 0 Å². The summed E-state index contributed by atoms with van der Waals surface area (Å²) in [6.45, 7) is 5.23. The molecule has 1 aromatic heterocycles. The van der Waals surface area contributed by atoms with Crippen LogP contribution in [0.2, 0.25) is 0 Å². The van der Waals surface area contributed by atoms with Gasteiger partial charge in [-0.25, -0.2) is 9.59 Å². The second-order valence-corrected chi connectivity index (χ2v) is 7.83. The van der Waals surface area contributed by atoms with E-state index in [0.29, 0.717) is 16.5 Å². The number of hydrogen-bond donors (Lipinski definition) is 4. The molecule has 0 saturated heterocycles. The van der Waals surface area contributed by atoms with Crippen molar-refractivity contribution in [3.05, 3.63) is 36.0 Å². The number of ether oxygens (including phenoxy) is 1. The Morgan fingerprint density at radius 3 is 2.37 bits per heavy atom. The van der Waals surface area contributed by atoms with Crippen LogP contribution in [-0.4, -0.2) is 56.4 Å². The van der Waals surface area contributed by atoms with Gasteiger partial charge in [-0.15, -0.1) is 0 Å². The molecule has 162 valence electrons. The van der Waals surface area contributed by atoms with E-state index in [4.69, 9.17) is 20.7 Å². The number of hydrogen-bond acceptors (Lipinski definition) is 6. The zero-order chi connectivity index (χ0) is 22.6. The monoisotopic (exact) mass is 419 g/mol. The van der Waals surface area contributed by atoms with Crippen LogP contribution in [0, 0.1) is 0 Å². The van der Waals surface area contributed by atoms with Crippen LogP contribution in [0.1, 0.15) is 32.8 Å². The van der Waals surface area contributed by atoms with Crippen molar-refractivity contribution in [1.29, 1.82) is 0 Å². The van der Waals surface area contributed by atoms with Gasteiger partial charge in [0.2, 0.25) is 5.91 Å². The SMILES string of the molecule is CC(C)(C)OC(=O)n1cc(C[C@H](N)C(=O)N[C@@H](CC(=O)O)C(=O)O)c2ccccc21. The van der Waals surface area contributed by atoms with Crippen LogP contribution in [0.4, 0.5) is 4.79 Å². The van der Waals surface area contributed by atoms with E-state index in [0.717, 1.165) is 0 Å². The normalized spacial score (nSPS) is 13.5. The largest absolute Gasteiger partial charge is 0.481 e. The van der Waals surface area contributed by atoms with E-state index in [1.54, 1.807) is 45.0 Å². The molecular weight excluding hydrogens is 394 g/mol. The molecule has 10 nitrogen and oxygen atoms in total. The highest BCUT2D eigenvalue weighted by molar-refractivity contribution is 5.93. The summed E-state index contributed by atoms with van der Waals surface area (Å²) in [7, 11) is 0. The first-order chi connectivity index (χ1) is 13.9. The van der Waals surface area contributed by atoms with Gasteiger partial charge in [0.05, 0.1) is 18.0 Å². The number of carbonyl (C=O) groups is 4. The van der Waals surface area contributed by atoms with Crippen LogP contribution < -0.4 is 11.1 Å². The number of nitrogens with one attached hydrogen (secondary N) is 1. The number of aliphatic carboxylic acids is 2. The number of rotatable bonds is 7.